The Labute approximate surface area is 174 Å². The molecule has 1 amide bonds. The highest BCUT2D eigenvalue weighted by Gasteiger charge is 2.19. The lowest BCUT2D eigenvalue weighted by atomic mass is 10.2. The van der Waals surface area contributed by atoms with Gasteiger partial charge in [-0.1, -0.05) is 22.9 Å². The van der Waals surface area contributed by atoms with Crippen LogP contribution in [0.5, 0.6) is 5.75 Å². The highest BCUT2D eigenvalue weighted by Crippen LogP contribution is 2.29. The van der Waals surface area contributed by atoms with Crippen molar-refractivity contribution in [2.75, 3.05) is 11.9 Å². The number of hydrogen-bond acceptors (Lipinski definition) is 6. The van der Waals surface area contributed by atoms with E-state index in [1.54, 1.807) is 22.9 Å². The Bertz CT molecular complexity index is 1300. The molecule has 0 unspecified atom stereocenters. The molecule has 1 N–H and O–H groups in total. The second kappa shape index (κ2) is 7.81. The third kappa shape index (κ3) is 3.68. The zero-order valence-electron chi connectivity index (χ0n) is 15.7. The largest absolute Gasteiger partial charge is 0.494 e. The van der Waals surface area contributed by atoms with E-state index in [4.69, 9.17) is 16.3 Å². The van der Waals surface area contributed by atoms with Gasteiger partial charge in [0.05, 0.1) is 27.7 Å². The van der Waals surface area contributed by atoms with Crippen LogP contribution in [0.1, 0.15) is 24.3 Å². The molecule has 2 aromatic heterocycles. The zero-order valence-corrected chi connectivity index (χ0v) is 17.3. The molecule has 2 heterocycles. The number of aromatic nitrogens is 3. The fourth-order valence-corrected chi connectivity index (χ4v) is 4.08. The van der Waals surface area contributed by atoms with Crippen LogP contribution in [0.4, 0.5) is 5.13 Å². The van der Waals surface area contributed by atoms with Gasteiger partial charge in [-0.3, -0.25) is 19.6 Å². The summed E-state index contributed by atoms with van der Waals surface area (Å²) >= 11 is 7.34. The first-order valence-corrected chi connectivity index (χ1v) is 10.2. The van der Waals surface area contributed by atoms with Crippen LogP contribution in [-0.2, 0) is 6.54 Å². The number of ether oxygens (including phenoxy) is 1. The van der Waals surface area contributed by atoms with Gasteiger partial charge < -0.3 is 4.74 Å². The van der Waals surface area contributed by atoms with Gasteiger partial charge in [-0.2, -0.15) is 5.10 Å². The zero-order chi connectivity index (χ0) is 20.5. The Morgan fingerprint density at radius 1 is 1.24 bits per heavy atom. The molecule has 29 heavy (non-hydrogen) atoms. The quantitative estimate of drug-likeness (QED) is 0.511. The SMILES string of the molecule is CCOc1ccc2nc(NC(=O)c3nn(CC)c4ccc(Cl)cc4c3=O)sc2c1. The molecule has 0 atom stereocenters. The molecule has 0 bridgehead atoms. The number of amides is 1. The van der Waals surface area contributed by atoms with Crippen molar-refractivity contribution in [1.29, 1.82) is 0 Å². The predicted molar refractivity (Wildman–Crippen MR) is 115 cm³/mol. The summed E-state index contributed by atoms with van der Waals surface area (Å²) < 4.78 is 7.97. The summed E-state index contributed by atoms with van der Waals surface area (Å²) in [6, 6.07) is 10.5. The van der Waals surface area contributed by atoms with E-state index in [2.05, 4.69) is 15.4 Å². The highest BCUT2D eigenvalue weighted by molar-refractivity contribution is 7.22. The molecule has 0 aliphatic rings. The molecule has 0 saturated heterocycles. The van der Waals surface area contributed by atoms with Gasteiger partial charge in [0.25, 0.3) is 5.91 Å². The second-order valence-electron chi connectivity index (χ2n) is 6.19. The summed E-state index contributed by atoms with van der Waals surface area (Å²) in [5.74, 6) is 0.128. The number of benzene rings is 2. The molecule has 2 aromatic carbocycles. The molecule has 0 spiro atoms. The monoisotopic (exact) mass is 428 g/mol. The van der Waals surface area contributed by atoms with Crippen molar-refractivity contribution >= 4 is 55.1 Å². The smallest absolute Gasteiger partial charge is 0.281 e. The Hall–Kier alpha value is -2.97. The van der Waals surface area contributed by atoms with E-state index in [1.807, 2.05) is 32.0 Å². The van der Waals surface area contributed by atoms with Crippen LogP contribution in [0.2, 0.25) is 5.02 Å². The van der Waals surface area contributed by atoms with Gasteiger partial charge in [-0.25, -0.2) is 4.98 Å². The number of carbonyl (C=O) groups is 1. The summed E-state index contributed by atoms with van der Waals surface area (Å²) in [5.41, 5.74) is 0.695. The average molecular weight is 429 g/mol. The minimum absolute atomic E-state index is 0.198. The van der Waals surface area contributed by atoms with E-state index in [0.29, 0.717) is 34.2 Å². The third-order valence-corrected chi connectivity index (χ3v) is 5.49. The topological polar surface area (TPSA) is 86.1 Å². The van der Waals surface area contributed by atoms with Crippen LogP contribution < -0.4 is 15.5 Å². The molecular formula is C20H17ClN4O3S. The molecule has 9 heteroatoms. The maximum absolute atomic E-state index is 12.8. The molecule has 4 aromatic rings. The maximum Gasteiger partial charge on any atom is 0.281 e. The van der Waals surface area contributed by atoms with E-state index in [-0.39, 0.29) is 5.69 Å². The van der Waals surface area contributed by atoms with Crippen molar-refractivity contribution in [2.45, 2.75) is 20.4 Å². The van der Waals surface area contributed by atoms with E-state index in [9.17, 15) is 9.59 Å². The number of aryl methyl sites for hydroxylation is 1. The number of hydrogen-bond donors (Lipinski definition) is 1. The first-order valence-electron chi connectivity index (χ1n) is 9.05. The lowest BCUT2D eigenvalue weighted by molar-refractivity contribution is 0.101. The molecule has 0 aliphatic heterocycles. The summed E-state index contributed by atoms with van der Waals surface area (Å²) in [7, 11) is 0. The van der Waals surface area contributed by atoms with Crippen LogP contribution in [0.3, 0.4) is 0 Å². The number of rotatable bonds is 5. The molecule has 7 nitrogen and oxygen atoms in total. The molecule has 0 saturated carbocycles. The predicted octanol–water partition coefficient (Wildman–Crippen LogP) is 4.33. The average Bonchev–Trinajstić information content (AvgIpc) is 3.10. The molecule has 148 valence electrons. The Morgan fingerprint density at radius 2 is 2.07 bits per heavy atom. The Balaban J connectivity index is 1.71. The highest BCUT2D eigenvalue weighted by atomic mass is 35.5. The molecule has 4 rings (SSSR count). The number of halogens is 1. The van der Waals surface area contributed by atoms with Crippen LogP contribution in [0, 0.1) is 0 Å². The van der Waals surface area contributed by atoms with E-state index in [0.717, 1.165) is 16.0 Å². The third-order valence-electron chi connectivity index (χ3n) is 4.32. The number of nitrogens with zero attached hydrogens (tertiary/aromatic N) is 3. The van der Waals surface area contributed by atoms with Crippen LogP contribution in [-0.4, -0.2) is 27.3 Å². The lowest BCUT2D eigenvalue weighted by Crippen LogP contribution is -2.27. The summed E-state index contributed by atoms with van der Waals surface area (Å²) in [6.07, 6.45) is 0. The van der Waals surface area contributed by atoms with Gasteiger partial charge in [-0.15, -0.1) is 0 Å². The van der Waals surface area contributed by atoms with Crippen molar-refractivity contribution in [2.24, 2.45) is 0 Å². The van der Waals surface area contributed by atoms with E-state index < -0.39 is 11.3 Å². The molecule has 0 aliphatic carbocycles. The summed E-state index contributed by atoms with van der Waals surface area (Å²) in [4.78, 5) is 30.0. The molecular weight excluding hydrogens is 412 g/mol. The van der Waals surface area contributed by atoms with Gasteiger partial charge in [0.15, 0.2) is 10.8 Å². The van der Waals surface area contributed by atoms with Crippen LogP contribution in [0.15, 0.2) is 41.2 Å². The number of fused-ring (bicyclic) bond motifs is 2. The second-order valence-corrected chi connectivity index (χ2v) is 7.66. The number of thiazole rings is 1. The van der Waals surface area contributed by atoms with Crippen molar-refractivity contribution in [3.63, 3.8) is 0 Å². The summed E-state index contributed by atoms with van der Waals surface area (Å²) in [5, 5.41) is 8.09. The minimum atomic E-state index is -0.608. The van der Waals surface area contributed by atoms with Crippen LogP contribution in [0.25, 0.3) is 21.1 Å². The molecule has 0 fully saturated rings. The minimum Gasteiger partial charge on any atom is -0.494 e. The first kappa shape index (κ1) is 19.4. The Kier molecular flexibility index (Phi) is 5.21. The van der Waals surface area contributed by atoms with Crippen molar-refractivity contribution < 1.29 is 9.53 Å². The van der Waals surface area contributed by atoms with Crippen molar-refractivity contribution in [1.82, 2.24) is 14.8 Å². The van der Waals surface area contributed by atoms with Crippen molar-refractivity contribution in [3.05, 3.63) is 57.3 Å². The first-order chi connectivity index (χ1) is 14.0. The van der Waals surface area contributed by atoms with E-state index in [1.165, 1.54) is 11.3 Å². The maximum atomic E-state index is 12.8. The number of anilines is 1. The van der Waals surface area contributed by atoms with Crippen LogP contribution >= 0.6 is 22.9 Å². The Morgan fingerprint density at radius 3 is 2.83 bits per heavy atom. The van der Waals surface area contributed by atoms with Crippen molar-refractivity contribution in [3.8, 4) is 5.75 Å². The van der Waals surface area contributed by atoms with Gasteiger partial charge in [0.1, 0.15) is 5.75 Å². The summed E-state index contributed by atoms with van der Waals surface area (Å²) in [6.45, 7) is 4.86. The normalized spacial score (nSPS) is 11.1. The standard InChI is InChI=1S/C20H17ClN4O3S/c1-3-25-15-8-5-11(21)9-13(15)18(26)17(24-25)19(27)23-20-22-14-7-6-12(28-4-2)10-16(14)29-20/h5-10H,3-4H2,1-2H3,(H,22,23,27). The number of nitrogens with one attached hydrogen (secondary N) is 1. The van der Waals surface area contributed by atoms with Gasteiger partial charge in [0.2, 0.25) is 5.43 Å². The fourth-order valence-electron chi connectivity index (χ4n) is 3.02. The fraction of sp³-hybridized carbons (Fsp3) is 0.200. The number of carbonyl (C=O) groups excluding carboxylic acids is 1. The van der Waals surface area contributed by atoms with Gasteiger partial charge >= 0.3 is 0 Å². The molecule has 0 radical (unpaired) electrons. The lowest BCUT2D eigenvalue weighted by Gasteiger charge is -2.10. The van der Waals surface area contributed by atoms with Gasteiger partial charge in [-0.05, 0) is 50.2 Å². The van der Waals surface area contributed by atoms with Gasteiger partial charge in [0, 0.05) is 11.6 Å². The van der Waals surface area contributed by atoms with E-state index >= 15 is 0 Å².